The van der Waals surface area contributed by atoms with Crippen LogP contribution >= 0.6 is 28.3 Å². The number of sulfonamides is 1. The molecule has 22 heavy (non-hydrogen) atoms. The fraction of sp³-hybridized carbons (Fsp3) is 0.500. The lowest BCUT2D eigenvalue weighted by atomic mass is 10.2. The monoisotopic (exact) mass is 415 g/mol. The predicted molar refractivity (Wildman–Crippen MR) is 91.1 cm³/mol. The first-order valence-corrected chi connectivity index (χ1v) is 8.64. The van der Waals surface area contributed by atoms with E-state index in [9.17, 15) is 18.5 Å². The van der Waals surface area contributed by atoms with Crippen LogP contribution in [-0.4, -0.2) is 32.5 Å². The Morgan fingerprint density at radius 3 is 2.50 bits per heavy atom. The van der Waals surface area contributed by atoms with Crippen LogP contribution in [-0.2, 0) is 10.0 Å². The van der Waals surface area contributed by atoms with Gasteiger partial charge >= 0.3 is 0 Å². The summed E-state index contributed by atoms with van der Waals surface area (Å²) in [5, 5.41) is 14.0. The standard InChI is InChI=1S/C12H18BrN3O4S.ClH/c1-4-14-8(2)7-15-21(19,20)10-5-11(13)9(3)12(6-10)16(17)18;/h5-6,8,14-15H,4,7H2,1-3H3;1H/t8-;/m1./s1. The van der Waals surface area contributed by atoms with Gasteiger partial charge in [0.15, 0.2) is 0 Å². The maximum absolute atomic E-state index is 12.2. The molecule has 1 atom stereocenters. The van der Waals surface area contributed by atoms with Crippen LogP contribution in [0.25, 0.3) is 0 Å². The van der Waals surface area contributed by atoms with Gasteiger partial charge < -0.3 is 5.32 Å². The van der Waals surface area contributed by atoms with Crippen LogP contribution in [0.1, 0.15) is 19.4 Å². The highest BCUT2D eigenvalue weighted by Crippen LogP contribution is 2.29. The summed E-state index contributed by atoms with van der Waals surface area (Å²) in [6.07, 6.45) is 0. The third-order valence-electron chi connectivity index (χ3n) is 2.93. The molecule has 1 aromatic carbocycles. The van der Waals surface area contributed by atoms with Gasteiger partial charge in [-0.05, 0) is 26.5 Å². The molecular weight excluding hydrogens is 398 g/mol. The fourth-order valence-electron chi connectivity index (χ4n) is 1.72. The summed E-state index contributed by atoms with van der Waals surface area (Å²) >= 11 is 3.15. The van der Waals surface area contributed by atoms with Crippen molar-refractivity contribution in [3.05, 3.63) is 32.3 Å². The molecule has 7 nitrogen and oxygen atoms in total. The van der Waals surface area contributed by atoms with E-state index in [2.05, 4.69) is 26.0 Å². The van der Waals surface area contributed by atoms with Gasteiger partial charge in [0.05, 0.1) is 9.82 Å². The van der Waals surface area contributed by atoms with Gasteiger partial charge in [-0.25, -0.2) is 13.1 Å². The lowest BCUT2D eigenvalue weighted by molar-refractivity contribution is -0.385. The van der Waals surface area contributed by atoms with Gasteiger partial charge in [-0.3, -0.25) is 10.1 Å². The third kappa shape index (κ3) is 5.47. The number of benzene rings is 1. The van der Waals surface area contributed by atoms with Crippen molar-refractivity contribution in [2.75, 3.05) is 13.1 Å². The molecule has 126 valence electrons. The van der Waals surface area contributed by atoms with E-state index in [0.29, 0.717) is 10.0 Å². The molecule has 0 aromatic heterocycles. The summed E-state index contributed by atoms with van der Waals surface area (Å²) in [7, 11) is -3.79. The minimum absolute atomic E-state index is 0. The number of likely N-dealkylation sites (N-methyl/N-ethyl adjacent to an activating group) is 1. The molecule has 1 rings (SSSR count). The van der Waals surface area contributed by atoms with Gasteiger partial charge in [0.25, 0.3) is 5.69 Å². The molecule has 0 fully saturated rings. The number of nitro groups is 1. The van der Waals surface area contributed by atoms with E-state index in [1.165, 1.54) is 6.07 Å². The highest BCUT2D eigenvalue weighted by molar-refractivity contribution is 9.10. The number of nitrogens with zero attached hydrogens (tertiary/aromatic N) is 1. The maximum atomic E-state index is 12.2. The summed E-state index contributed by atoms with van der Waals surface area (Å²) in [5.41, 5.74) is 0.157. The van der Waals surface area contributed by atoms with E-state index < -0.39 is 14.9 Å². The molecule has 0 aliphatic carbocycles. The molecule has 0 spiro atoms. The molecular formula is C12H19BrClN3O4S. The van der Waals surface area contributed by atoms with Crippen molar-refractivity contribution in [1.82, 2.24) is 10.0 Å². The Morgan fingerprint density at radius 2 is 2.00 bits per heavy atom. The first kappa shape index (κ1) is 21.3. The highest BCUT2D eigenvalue weighted by Gasteiger charge is 2.22. The summed E-state index contributed by atoms with van der Waals surface area (Å²) in [5.74, 6) is 0. The lowest BCUT2D eigenvalue weighted by Crippen LogP contribution is -2.38. The van der Waals surface area contributed by atoms with Crippen LogP contribution in [0.15, 0.2) is 21.5 Å². The van der Waals surface area contributed by atoms with E-state index in [0.717, 1.165) is 12.6 Å². The number of halogens is 2. The topological polar surface area (TPSA) is 101 Å². The summed E-state index contributed by atoms with van der Waals surface area (Å²) in [4.78, 5) is 10.2. The van der Waals surface area contributed by atoms with Crippen LogP contribution in [0.4, 0.5) is 5.69 Å². The normalized spacial score (nSPS) is 12.5. The molecule has 2 N–H and O–H groups in total. The first-order valence-electron chi connectivity index (χ1n) is 6.36. The molecule has 0 aliphatic heterocycles. The first-order chi connectivity index (χ1) is 9.69. The van der Waals surface area contributed by atoms with Crippen LogP contribution in [0, 0.1) is 17.0 Å². The van der Waals surface area contributed by atoms with E-state index in [4.69, 9.17) is 0 Å². The van der Waals surface area contributed by atoms with Gasteiger partial charge in [0.2, 0.25) is 10.0 Å². The minimum Gasteiger partial charge on any atom is -0.313 e. The SMILES string of the molecule is CCN[C@H](C)CNS(=O)(=O)c1cc(Br)c(C)c([N+](=O)[O-])c1.Cl. The molecule has 0 saturated heterocycles. The number of hydrogen-bond donors (Lipinski definition) is 2. The number of nitrogens with one attached hydrogen (secondary N) is 2. The zero-order chi connectivity index (χ0) is 16.2. The van der Waals surface area contributed by atoms with E-state index in [1.807, 2.05) is 13.8 Å². The Kier molecular flexibility index (Phi) is 8.48. The Bertz CT molecular complexity index is 640. The molecule has 1 aromatic rings. The molecule has 0 radical (unpaired) electrons. The molecule has 0 aliphatic rings. The number of rotatable bonds is 7. The van der Waals surface area contributed by atoms with Crippen molar-refractivity contribution in [1.29, 1.82) is 0 Å². The zero-order valence-electron chi connectivity index (χ0n) is 12.4. The zero-order valence-corrected chi connectivity index (χ0v) is 15.6. The number of nitro benzene ring substituents is 1. The smallest absolute Gasteiger partial charge is 0.274 e. The second-order valence-electron chi connectivity index (χ2n) is 4.62. The van der Waals surface area contributed by atoms with E-state index in [-0.39, 0.29) is 35.6 Å². The Balaban J connectivity index is 0.00000441. The van der Waals surface area contributed by atoms with Crippen molar-refractivity contribution in [2.45, 2.75) is 31.7 Å². The van der Waals surface area contributed by atoms with Crippen molar-refractivity contribution in [3.8, 4) is 0 Å². The van der Waals surface area contributed by atoms with Crippen molar-refractivity contribution in [3.63, 3.8) is 0 Å². The van der Waals surface area contributed by atoms with Crippen LogP contribution in [0.2, 0.25) is 0 Å². The van der Waals surface area contributed by atoms with Crippen LogP contribution in [0.5, 0.6) is 0 Å². The van der Waals surface area contributed by atoms with Crippen LogP contribution in [0.3, 0.4) is 0 Å². The van der Waals surface area contributed by atoms with E-state index >= 15 is 0 Å². The predicted octanol–water partition coefficient (Wildman–Crippen LogP) is 2.36. The summed E-state index contributed by atoms with van der Waals surface area (Å²) in [6.45, 7) is 6.25. The average Bonchev–Trinajstić information content (AvgIpc) is 2.39. The fourth-order valence-corrected chi connectivity index (χ4v) is 3.50. The quantitative estimate of drug-likeness (QED) is 0.525. The summed E-state index contributed by atoms with van der Waals surface area (Å²) in [6, 6.07) is 2.40. The molecule has 0 heterocycles. The van der Waals surface area contributed by atoms with Gasteiger partial charge in [-0.15, -0.1) is 12.4 Å². The van der Waals surface area contributed by atoms with Crippen molar-refractivity contribution in [2.24, 2.45) is 0 Å². The van der Waals surface area contributed by atoms with Crippen molar-refractivity contribution >= 4 is 44.0 Å². The van der Waals surface area contributed by atoms with Gasteiger partial charge in [0, 0.05) is 28.7 Å². The number of hydrogen-bond acceptors (Lipinski definition) is 5. The lowest BCUT2D eigenvalue weighted by Gasteiger charge is -2.14. The second-order valence-corrected chi connectivity index (χ2v) is 7.24. The van der Waals surface area contributed by atoms with E-state index in [1.54, 1.807) is 6.92 Å². The largest absolute Gasteiger partial charge is 0.313 e. The molecule has 0 amide bonds. The Hall–Kier alpha value is -0.740. The highest BCUT2D eigenvalue weighted by atomic mass is 79.9. The van der Waals surface area contributed by atoms with Gasteiger partial charge in [-0.1, -0.05) is 22.9 Å². The average molecular weight is 417 g/mol. The molecule has 0 bridgehead atoms. The third-order valence-corrected chi connectivity index (χ3v) is 5.16. The summed E-state index contributed by atoms with van der Waals surface area (Å²) < 4.78 is 27.2. The maximum Gasteiger partial charge on any atom is 0.274 e. The van der Waals surface area contributed by atoms with Crippen LogP contribution < -0.4 is 10.0 Å². The Labute approximate surface area is 144 Å². The molecule has 0 unspecified atom stereocenters. The molecule has 10 heteroatoms. The second kappa shape index (κ2) is 8.78. The molecule has 0 saturated carbocycles. The van der Waals surface area contributed by atoms with Gasteiger partial charge in [0.1, 0.15) is 0 Å². The van der Waals surface area contributed by atoms with Gasteiger partial charge in [-0.2, -0.15) is 0 Å². The minimum atomic E-state index is -3.79. The Morgan fingerprint density at radius 1 is 1.41 bits per heavy atom. The van der Waals surface area contributed by atoms with Crippen molar-refractivity contribution < 1.29 is 13.3 Å².